The molecule has 0 radical (unpaired) electrons. The zero-order valence-electron chi connectivity index (χ0n) is 11.9. The molecular formula is C15H21F2NS2. The van der Waals surface area contributed by atoms with Gasteiger partial charge >= 0.3 is 0 Å². The number of halogens is 2. The highest BCUT2D eigenvalue weighted by Crippen LogP contribution is 2.40. The van der Waals surface area contributed by atoms with Crippen molar-refractivity contribution in [3.8, 4) is 0 Å². The van der Waals surface area contributed by atoms with Crippen molar-refractivity contribution in [3.05, 3.63) is 35.4 Å². The van der Waals surface area contributed by atoms with Crippen molar-refractivity contribution in [2.45, 2.75) is 36.8 Å². The Morgan fingerprint density at radius 1 is 1.25 bits per heavy atom. The molecule has 3 unspecified atom stereocenters. The Labute approximate surface area is 128 Å². The summed E-state index contributed by atoms with van der Waals surface area (Å²) in [7, 11) is 0. The van der Waals surface area contributed by atoms with Gasteiger partial charge in [-0.05, 0) is 19.0 Å². The van der Waals surface area contributed by atoms with Gasteiger partial charge in [-0.15, -0.1) is 0 Å². The van der Waals surface area contributed by atoms with E-state index in [-0.39, 0.29) is 6.04 Å². The molecule has 20 heavy (non-hydrogen) atoms. The van der Waals surface area contributed by atoms with Crippen LogP contribution in [0.3, 0.4) is 0 Å². The van der Waals surface area contributed by atoms with Crippen molar-refractivity contribution >= 4 is 23.5 Å². The van der Waals surface area contributed by atoms with Crippen LogP contribution in [0.2, 0.25) is 0 Å². The fourth-order valence-electron chi connectivity index (χ4n) is 2.62. The summed E-state index contributed by atoms with van der Waals surface area (Å²) in [6.07, 6.45) is 1.08. The first-order valence-corrected chi connectivity index (χ1v) is 9.18. The molecule has 1 aliphatic heterocycles. The second kappa shape index (κ2) is 7.66. The highest BCUT2D eigenvalue weighted by Gasteiger charge is 2.33. The molecule has 1 fully saturated rings. The summed E-state index contributed by atoms with van der Waals surface area (Å²) in [5.41, 5.74) is 0.590. The highest BCUT2D eigenvalue weighted by atomic mass is 32.2. The van der Waals surface area contributed by atoms with E-state index < -0.39 is 11.6 Å². The SMILES string of the molecule is CCNC(c1ccc(F)cc1F)C1SCCSC1CC. The fraction of sp³-hybridized carbons (Fsp3) is 0.600. The maximum Gasteiger partial charge on any atom is 0.130 e. The molecule has 1 aromatic rings. The molecule has 2 rings (SSSR count). The summed E-state index contributed by atoms with van der Waals surface area (Å²) in [4.78, 5) is 0. The smallest absolute Gasteiger partial charge is 0.130 e. The standard InChI is InChI=1S/C15H21F2NS2/c1-3-13-15(20-8-7-19-13)14(18-4-2)11-6-5-10(16)9-12(11)17/h5-6,9,13-15,18H,3-4,7-8H2,1-2H3. The zero-order chi connectivity index (χ0) is 14.5. The lowest BCUT2D eigenvalue weighted by molar-refractivity contribution is 0.480. The van der Waals surface area contributed by atoms with Gasteiger partial charge in [0, 0.05) is 39.7 Å². The van der Waals surface area contributed by atoms with E-state index >= 15 is 0 Å². The number of hydrogen-bond acceptors (Lipinski definition) is 3. The molecule has 112 valence electrons. The normalized spacial score (nSPS) is 24.6. The molecule has 1 N–H and O–H groups in total. The van der Waals surface area contributed by atoms with Gasteiger partial charge in [0.15, 0.2) is 0 Å². The van der Waals surface area contributed by atoms with E-state index in [1.54, 1.807) is 6.07 Å². The third-order valence-electron chi connectivity index (χ3n) is 3.54. The summed E-state index contributed by atoms with van der Waals surface area (Å²) in [6, 6.07) is 3.87. The molecule has 0 aromatic heterocycles. The van der Waals surface area contributed by atoms with Gasteiger partial charge in [0.2, 0.25) is 0 Å². The quantitative estimate of drug-likeness (QED) is 0.872. The Bertz CT molecular complexity index is 442. The van der Waals surface area contributed by atoms with Gasteiger partial charge in [-0.2, -0.15) is 23.5 Å². The Morgan fingerprint density at radius 2 is 2.00 bits per heavy atom. The first kappa shape index (κ1) is 16.1. The van der Waals surface area contributed by atoms with Crippen molar-refractivity contribution in [1.82, 2.24) is 5.32 Å². The predicted molar refractivity (Wildman–Crippen MR) is 85.6 cm³/mol. The maximum absolute atomic E-state index is 14.1. The number of hydrogen-bond donors (Lipinski definition) is 1. The van der Waals surface area contributed by atoms with Crippen molar-refractivity contribution in [2.24, 2.45) is 0 Å². The van der Waals surface area contributed by atoms with Gasteiger partial charge in [-0.25, -0.2) is 8.78 Å². The van der Waals surface area contributed by atoms with Crippen molar-refractivity contribution in [3.63, 3.8) is 0 Å². The van der Waals surface area contributed by atoms with Gasteiger partial charge in [0.1, 0.15) is 11.6 Å². The molecule has 0 spiro atoms. The van der Waals surface area contributed by atoms with Crippen LogP contribution in [0, 0.1) is 11.6 Å². The molecule has 0 amide bonds. The van der Waals surface area contributed by atoms with Crippen LogP contribution in [0.5, 0.6) is 0 Å². The molecule has 0 saturated carbocycles. The maximum atomic E-state index is 14.1. The van der Waals surface area contributed by atoms with Crippen molar-refractivity contribution < 1.29 is 8.78 Å². The first-order valence-electron chi connectivity index (χ1n) is 7.08. The summed E-state index contributed by atoms with van der Waals surface area (Å²) < 4.78 is 27.2. The van der Waals surface area contributed by atoms with Crippen LogP contribution in [0.1, 0.15) is 31.9 Å². The average molecular weight is 317 g/mol. The van der Waals surface area contributed by atoms with Crippen LogP contribution in [0.15, 0.2) is 18.2 Å². The second-order valence-corrected chi connectivity index (χ2v) is 7.49. The summed E-state index contributed by atoms with van der Waals surface area (Å²) >= 11 is 3.88. The number of benzene rings is 1. The predicted octanol–water partition coefficient (Wildman–Crippen LogP) is 4.24. The molecule has 0 aliphatic carbocycles. The van der Waals surface area contributed by atoms with E-state index in [1.807, 2.05) is 30.4 Å². The molecule has 1 aliphatic rings. The molecule has 3 atom stereocenters. The van der Waals surface area contributed by atoms with Crippen LogP contribution in [-0.4, -0.2) is 28.6 Å². The van der Waals surface area contributed by atoms with E-state index in [0.717, 1.165) is 30.5 Å². The van der Waals surface area contributed by atoms with E-state index in [2.05, 4.69) is 12.2 Å². The second-order valence-electron chi connectivity index (χ2n) is 4.85. The van der Waals surface area contributed by atoms with Gasteiger partial charge in [0.05, 0.1) is 0 Å². The number of thioether (sulfide) groups is 2. The Morgan fingerprint density at radius 3 is 2.65 bits per heavy atom. The number of rotatable bonds is 5. The Balaban J connectivity index is 2.29. The van der Waals surface area contributed by atoms with Gasteiger partial charge < -0.3 is 5.32 Å². The molecule has 1 nitrogen and oxygen atoms in total. The summed E-state index contributed by atoms with van der Waals surface area (Å²) in [6.45, 7) is 4.98. The van der Waals surface area contributed by atoms with E-state index in [0.29, 0.717) is 16.1 Å². The minimum atomic E-state index is -0.515. The lowest BCUT2D eigenvalue weighted by atomic mass is 9.99. The highest BCUT2D eigenvalue weighted by molar-refractivity contribution is 8.07. The molecule has 1 heterocycles. The molecule has 1 aromatic carbocycles. The van der Waals surface area contributed by atoms with Crippen LogP contribution in [0.4, 0.5) is 8.78 Å². The monoisotopic (exact) mass is 317 g/mol. The molecular weight excluding hydrogens is 296 g/mol. The third kappa shape index (κ3) is 3.68. The van der Waals surface area contributed by atoms with Gasteiger partial charge in [-0.1, -0.05) is 19.9 Å². The van der Waals surface area contributed by atoms with Crippen molar-refractivity contribution in [1.29, 1.82) is 0 Å². The third-order valence-corrected chi connectivity index (χ3v) is 6.90. The summed E-state index contributed by atoms with van der Waals surface area (Å²) in [5, 5.41) is 4.24. The molecule has 0 bridgehead atoms. The zero-order valence-corrected chi connectivity index (χ0v) is 13.5. The topological polar surface area (TPSA) is 12.0 Å². The van der Waals surface area contributed by atoms with Crippen LogP contribution in [-0.2, 0) is 0 Å². The Kier molecular flexibility index (Phi) is 6.18. The Hall–Kier alpha value is -0.260. The largest absolute Gasteiger partial charge is 0.309 e. The number of nitrogens with one attached hydrogen (secondary N) is 1. The summed E-state index contributed by atoms with van der Waals surface area (Å²) in [5.74, 6) is 1.29. The van der Waals surface area contributed by atoms with E-state index in [9.17, 15) is 8.78 Å². The minimum Gasteiger partial charge on any atom is -0.309 e. The average Bonchev–Trinajstić information content (AvgIpc) is 2.45. The van der Waals surface area contributed by atoms with Crippen LogP contribution in [0.25, 0.3) is 0 Å². The fourth-order valence-corrected chi connectivity index (χ4v) is 5.86. The lowest BCUT2D eigenvalue weighted by Gasteiger charge is -2.36. The molecule has 5 heteroatoms. The molecule has 1 saturated heterocycles. The van der Waals surface area contributed by atoms with Crippen LogP contribution >= 0.6 is 23.5 Å². The van der Waals surface area contributed by atoms with Crippen LogP contribution < -0.4 is 5.32 Å². The van der Waals surface area contributed by atoms with Gasteiger partial charge in [-0.3, -0.25) is 0 Å². The first-order chi connectivity index (χ1) is 9.67. The van der Waals surface area contributed by atoms with E-state index in [4.69, 9.17) is 0 Å². The minimum absolute atomic E-state index is 0.0525. The van der Waals surface area contributed by atoms with E-state index in [1.165, 1.54) is 6.07 Å². The van der Waals surface area contributed by atoms with Gasteiger partial charge in [0.25, 0.3) is 0 Å². The van der Waals surface area contributed by atoms with Crippen molar-refractivity contribution in [2.75, 3.05) is 18.1 Å². The lowest BCUT2D eigenvalue weighted by Crippen LogP contribution is -2.39.